The van der Waals surface area contributed by atoms with E-state index in [9.17, 15) is 9.59 Å². The lowest BCUT2D eigenvalue weighted by Gasteiger charge is -2.07. The molecular weight excluding hydrogens is 334 g/mol. The van der Waals surface area contributed by atoms with Crippen molar-refractivity contribution in [1.82, 2.24) is 5.43 Å². The van der Waals surface area contributed by atoms with Gasteiger partial charge in [0.25, 0.3) is 0 Å². The van der Waals surface area contributed by atoms with Crippen molar-refractivity contribution in [3.8, 4) is 11.5 Å². The van der Waals surface area contributed by atoms with Crippen LogP contribution >= 0.6 is 0 Å². The van der Waals surface area contributed by atoms with Crippen LogP contribution in [0.15, 0.2) is 47.6 Å². The number of carbonyl (C=O) groups excluding carboxylic acids is 2. The molecule has 0 fully saturated rings. The van der Waals surface area contributed by atoms with Crippen LogP contribution in [0.5, 0.6) is 11.5 Å². The van der Waals surface area contributed by atoms with Crippen LogP contribution < -0.4 is 20.2 Å². The molecule has 0 unspecified atom stereocenters. The Morgan fingerprint density at radius 3 is 2.50 bits per heavy atom. The van der Waals surface area contributed by atoms with Crippen LogP contribution in [0.25, 0.3) is 0 Å². The molecule has 2 amide bonds. The van der Waals surface area contributed by atoms with E-state index < -0.39 is 11.8 Å². The van der Waals surface area contributed by atoms with Gasteiger partial charge >= 0.3 is 11.8 Å². The van der Waals surface area contributed by atoms with Crippen LogP contribution in [0.2, 0.25) is 0 Å². The van der Waals surface area contributed by atoms with Gasteiger partial charge in [-0.3, -0.25) is 9.59 Å². The summed E-state index contributed by atoms with van der Waals surface area (Å²) in [5.74, 6) is 0.0329. The van der Waals surface area contributed by atoms with Gasteiger partial charge in [-0.25, -0.2) is 5.43 Å². The van der Waals surface area contributed by atoms with Crippen molar-refractivity contribution < 1.29 is 19.1 Å². The lowest BCUT2D eigenvalue weighted by Crippen LogP contribution is -2.32. The smallest absolute Gasteiger partial charge is 0.329 e. The van der Waals surface area contributed by atoms with Gasteiger partial charge in [0.15, 0.2) is 11.5 Å². The fourth-order valence-electron chi connectivity index (χ4n) is 2.35. The molecule has 0 aliphatic carbocycles. The first-order valence-corrected chi connectivity index (χ1v) is 8.17. The van der Waals surface area contributed by atoms with Crippen molar-refractivity contribution in [3.63, 3.8) is 0 Å². The molecule has 7 heteroatoms. The Bertz CT molecular complexity index is 844. The molecule has 0 radical (unpaired) electrons. The van der Waals surface area contributed by atoms with Crippen LogP contribution in [0.3, 0.4) is 0 Å². The van der Waals surface area contributed by atoms with Crippen molar-refractivity contribution in [1.29, 1.82) is 0 Å². The van der Waals surface area contributed by atoms with Crippen LogP contribution in [0, 0.1) is 0 Å². The molecule has 1 aliphatic heterocycles. The minimum atomic E-state index is -0.852. The van der Waals surface area contributed by atoms with Crippen molar-refractivity contribution in [2.45, 2.75) is 19.8 Å². The molecule has 3 rings (SSSR count). The summed E-state index contributed by atoms with van der Waals surface area (Å²) in [5, 5.41) is 6.31. The molecule has 1 aliphatic rings. The van der Waals surface area contributed by atoms with E-state index in [0.717, 1.165) is 5.56 Å². The van der Waals surface area contributed by atoms with E-state index in [1.807, 2.05) is 12.1 Å². The Morgan fingerprint density at radius 2 is 1.77 bits per heavy atom. The van der Waals surface area contributed by atoms with Crippen molar-refractivity contribution in [3.05, 3.63) is 53.6 Å². The molecule has 0 spiro atoms. The summed E-state index contributed by atoms with van der Waals surface area (Å²) in [5.41, 5.74) is 4.61. The van der Waals surface area contributed by atoms with E-state index in [0.29, 0.717) is 28.7 Å². The second-order valence-electron chi connectivity index (χ2n) is 6.04. The maximum atomic E-state index is 11.9. The number of benzene rings is 2. The first-order chi connectivity index (χ1) is 12.5. The second kappa shape index (κ2) is 7.69. The van der Waals surface area contributed by atoms with Crippen LogP contribution in [0.1, 0.15) is 30.9 Å². The molecule has 0 bridgehead atoms. The number of rotatable bonds is 4. The SMILES string of the molecule is CC(C)c1ccc(NC(=O)C(=O)N/N=C\c2ccc3c(c2)OCO3)cc1. The highest BCUT2D eigenvalue weighted by atomic mass is 16.7. The number of ether oxygens (including phenoxy) is 2. The first-order valence-electron chi connectivity index (χ1n) is 8.17. The quantitative estimate of drug-likeness (QED) is 0.502. The molecule has 2 aromatic carbocycles. The van der Waals surface area contributed by atoms with E-state index in [-0.39, 0.29) is 6.79 Å². The Hall–Kier alpha value is -3.35. The molecule has 2 aromatic rings. The zero-order chi connectivity index (χ0) is 18.5. The Balaban J connectivity index is 1.53. The summed E-state index contributed by atoms with van der Waals surface area (Å²) < 4.78 is 10.5. The minimum Gasteiger partial charge on any atom is -0.454 e. The highest BCUT2D eigenvalue weighted by Gasteiger charge is 2.14. The highest BCUT2D eigenvalue weighted by molar-refractivity contribution is 6.39. The number of carbonyl (C=O) groups is 2. The summed E-state index contributed by atoms with van der Waals surface area (Å²) in [6, 6.07) is 12.6. The fourth-order valence-corrected chi connectivity index (χ4v) is 2.35. The van der Waals surface area contributed by atoms with E-state index in [1.165, 1.54) is 6.21 Å². The number of amides is 2. The van der Waals surface area contributed by atoms with Gasteiger partial charge in [-0.05, 0) is 47.4 Å². The first kappa shape index (κ1) is 17.5. The highest BCUT2D eigenvalue weighted by Crippen LogP contribution is 2.31. The normalized spacial score (nSPS) is 12.4. The second-order valence-corrected chi connectivity index (χ2v) is 6.04. The van der Waals surface area contributed by atoms with Gasteiger partial charge in [-0.15, -0.1) is 0 Å². The molecule has 26 heavy (non-hydrogen) atoms. The standard InChI is InChI=1S/C19H19N3O4/c1-12(2)14-4-6-15(7-5-14)21-18(23)19(24)22-20-10-13-3-8-16-17(9-13)26-11-25-16/h3-10,12H,11H2,1-2H3,(H,21,23)(H,22,24)/b20-10-. The van der Waals surface area contributed by atoms with Crippen LogP contribution in [0.4, 0.5) is 5.69 Å². The maximum Gasteiger partial charge on any atom is 0.329 e. The molecule has 7 nitrogen and oxygen atoms in total. The summed E-state index contributed by atoms with van der Waals surface area (Å²) >= 11 is 0. The summed E-state index contributed by atoms with van der Waals surface area (Å²) in [6.07, 6.45) is 1.42. The fraction of sp³-hybridized carbons (Fsp3) is 0.211. The zero-order valence-corrected chi connectivity index (χ0v) is 14.5. The van der Waals surface area contributed by atoms with Gasteiger partial charge in [0.2, 0.25) is 6.79 Å². The van der Waals surface area contributed by atoms with Crippen molar-refractivity contribution in [2.75, 3.05) is 12.1 Å². The van der Waals surface area contributed by atoms with E-state index in [4.69, 9.17) is 9.47 Å². The van der Waals surface area contributed by atoms with Gasteiger partial charge in [-0.1, -0.05) is 26.0 Å². The molecular formula is C19H19N3O4. The molecule has 2 N–H and O–H groups in total. The number of fused-ring (bicyclic) bond motifs is 1. The van der Waals surface area contributed by atoms with Crippen LogP contribution in [-0.2, 0) is 9.59 Å². The lowest BCUT2D eigenvalue weighted by molar-refractivity contribution is -0.136. The number of hydrazone groups is 1. The predicted molar refractivity (Wildman–Crippen MR) is 97.5 cm³/mol. The lowest BCUT2D eigenvalue weighted by atomic mass is 10.0. The molecule has 0 aromatic heterocycles. The largest absolute Gasteiger partial charge is 0.454 e. The van der Waals surface area contributed by atoms with Gasteiger partial charge in [0.1, 0.15) is 0 Å². The van der Waals surface area contributed by atoms with Gasteiger partial charge in [-0.2, -0.15) is 5.10 Å². The van der Waals surface area contributed by atoms with Crippen molar-refractivity contribution >= 4 is 23.7 Å². The van der Waals surface area contributed by atoms with Crippen LogP contribution in [-0.4, -0.2) is 24.8 Å². The third-order valence-electron chi connectivity index (χ3n) is 3.82. The molecule has 134 valence electrons. The number of hydrogen-bond donors (Lipinski definition) is 2. The summed E-state index contributed by atoms with van der Waals surface area (Å²) in [6.45, 7) is 4.35. The van der Waals surface area contributed by atoms with Gasteiger partial charge in [0.05, 0.1) is 6.21 Å². The Morgan fingerprint density at radius 1 is 1.04 bits per heavy atom. The Kier molecular flexibility index (Phi) is 5.17. The molecule has 0 saturated heterocycles. The minimum absolute atomic E-state index is 0.186. The van der Waals surface area contributed by atoms with E-state index in [1.54, 1.807) is 30.3 Å². The average Bonchev–Trinajstić information content (AvgIpc) is 3.09. The maximum absolute atomic E-state index is 11.9. The summed E-state index contributed by atoms with van der Waals surface area (Å²) in [7, 11) is 0. The Labute approximate surface area is 151 Å². The molecule has 0 atom stereocenters. The van der Waals surface area contributed by atoms with E-state index >= 15 is 0 Å². The average molecular weight is 353 g/mol. The number of anilines is 1. The summed E-state index contributed by atoms with van der Waals surface area (Å²) in [4.78, 5) is 23.7. The molecule has 0 saturated carbocycles. The third-order valence-corrected chi connectivity index (χ3v) is 3.82. The third kappa shape index (κ3) is 4.18. The monoisotopic (exact) mass is 353 g/mol. The van der Waals surface area contributed by atoms with Gasteiger partial charge < -0.3 is 14.8 Å². The number of nitrogens with zero attached hydrogens (tertiary/aromatic N) is 1. The zero-order valence-electron chi connectivity index (χ0n) is 14.5. The van der Waals surface area contributed by atoms with Gasteiger partial charge in [0, 0.05) is 5.69 Å². The number of hydrogen-bond acceptors (Lipinski definition) is 5. The van der Waals surface area contributed by atoms with Crippen molar-refractivity contribution in [2.24, 2.45) is 5.10 Å². The topological polar surface area (TPSA) is 89.0 Å². The van der Waals surface area contributed by atoms with E-state index in [2.05, 4.69) is 29.7 Å². The number of nitrogens with one attached hydrogen (secondary N) is 2. The molecule has 1 heterocycles. The predicted octanol–water partition coefficient (Wildman–Crippen LogP) is 2.63.